The first-order valence-electron chi connectivity index (χ1n) is 13.0. The Kier molecular flexibility index (Phi) is 33.5. The number of hydrogen-bond donors (Lipinski definition) is 1. The van der Waals surface area contributed by atoms with Gasteiger partial charge < -0.3 is 36.7 Å². The zero-order chi connectivity index (χ0) is 34.5. The van der Waals surface area contributed by atoms with E-state index in [1.165, 1.54) is 31.2 Å². The van der Waals surface area contributed by atoms with E-state index in [1.54, 1.807) is 72.8 Å². The van der Waals surface area contributed by atoms with E-state index in [9.17, 15) is 27.2 Å². The number of aliphatic hydroxyl groups excluding tert-OH is 1. The third-order valence-corrected chi connectivity index (χ3v) is 5.75. The molecule has 0 unspecified atom stereocenters. The van der Waals surface area contributed by atoms with Crippen molar-refractivity contribution < 1.29 is 116 Å². The number of hydrogen-bond acceptors (Lipinski definition) is 8. The zero-order valence-corrected chi connectivity index (χ0v) is 33.1. The van der Waals surface area contributed by atoms with Crippen LogP contribution < -0.4 is 73.7 Å². The van der Waals surface area contributed by atoms with Crippen LogP contribution in [0.4, 0.5) is 17.6 Å². The summed E-state index contributed by atoms with van der Waals surface area (Å²) in [7, 11) is 0. The number of benzene rings is 4. The van der Waals surface area contributed by atoms with Crippen molar-refractivity contribution in [1.82, 2.24) is 0 Å². The Hall–Kier alpha value is -2.78. The van der Waals surface area contributed by atoms with E-state index in [1.807, 2.05) is 0 Å². The van der Waals surface area contributed by atoms with Crippen molar-refractivity contribution in [3.63, 3.8) is 0 Å². The molecule has 260 valence electrons. The number of carboxylic acid groups (broad SMARTS) is 1. The molecule has 0 aliphatic heterocycles. The molecule has 0 aliphatic carbocycles. The summed E-state index contributed by atoms with van der Waals surface area (Å²) in [6, 6.07) is 26.1. The summed E-state index contributed by atoms with van der Waals surface area (Å²) in [5.41, 5.74) is 4.34. The molecule has 4 rings (SSSR count). The van der Waals surface area contributed by atoms with Crippen molar-refractivity contribution in [2.24, 2.45) is 0 Å². The second kappa shape index (κ2) is 31.0. The van der Waals surface area contributed by atoms with Crippen LogP contribution in [0, 0.1) is 7.43 Å². The van der Waals surface area contributed by atoms with Gasteiger partial charge in [0.2, 0.25) is 0 Å². The van der Waals surface area contributed by atoms with Crippen molar-refractivity contribution in [3.05, 3.63) is 116 Å². The van der Waals surface area contributed by atoms with E-state index in [2.05, 4.69) is 9.47 Å². The number of carbonyl (C=O) groups is 4. The van der Waals surface area contributed by atoms with Crippen molar-refractivity contribution >= 4 is 48.3 Å². The topological polar surface area (TPSA) is 130 Å². The molecule has 0 aliphatic rings. The van der Waals surface area contributed by atoms with Gasteiger partial charge in [-0.3, -0.25) is 9.59 Å². The van der Waals surface area contributed by atoms with Gasteiger partial charge in [-0.2, -0.15) is 17.6 Å². The smallest absolute Gasteiger partial charge is 0.554 e. The minimum absolute atomic E-state index is 0. The van der Waals surface area contributed by atoms with E-state index in [-0.39, 0.29) is 108 Å². The maximum absolute atomic E-state index is 12.0. The maximum Gasteiger partial charge on any atom is 1.00 e. The maximum atomic E-state index is 12.0. The molecule has 0 heterocycles. The third kappa shape index (κ3) is 20.8. The van der Waals surface area contributed by atoms with Crippen molar-refractivity contribution in [2.45, 2.75) is 20.1 Å². The van der Waals surface area contributed by atoms with Crippen LogP contribution in [0.1, 0.15) is 27.6 Å². The molecule has 1 N–H and O–H groups in total. The van der Waals surface area contributed by atoms with Crippen LogP contribution in [0.25, 0.3) is 22.3 Å². The zero-order valence-electron chi connectivity index (χ0n) is 27.6. The summed E-state index contributed by atoms with van der Waals surface area (Å²) >= 11 is 5.48. The molecule has 16 heteroatoms. The van der Waals surface area contributed by atoms with Crippen LogP contribution in [0.3, 0.4) is 0 Å². The van der Waals surface area contributed by atoms with Crippen molar-refractivity contribution in [2.75, 3.05) is 12.5 Å². The summed E-state index contributed by atoms with van der Waals surface area (Å²) in [5, 5.41) is 17.0. The normalized spacial score (nSPS) is 8.98. The summed E-state index contributed by atoms with van der Waals surface area (Å²) in [4.78, 5) is 39.7. The predicted octanol–water partition coefficient (Wildman–Crippen LogP) is 0.958. The molecule has 0 radical (unpaired) electrons. The van der Waals surface area contributed by atoms with Gasteiger partial charge in [0, 0.05) is 17.6 Å². The number of rotatable bonds is 10. The van der Waals surface area contributed by atoms with Gasteiger partial charge in [-0.25, -0.2) is 0 Å². The molecule has 0 bridgehead atoms. The summed E-state index contributed by atoms with van der Waals surface area (Å²) in [6.07, 6.45) is 0.750. The quantitative estimate of drug-likeness (QED) is 0.0633. The molecule has 0 saturated heterocycles. The predicted molar refractivity (Wildman–Crippen MR) is 175 cm³/mol. The van der Waals surface area contributed by atoms with Gasteiger partial charge in [-0.1, -0.05) is 72.8 Å². The van der Waals surface area contributed by atoms with Gasteiger partial charge in [0.1, 0.15) is 24.4 Å². The molecule has 0 fully saturated rings. The number of aliphatic hydroxyl groups is 1. The second-order valence-corrected chi connectivity index (χ2v) is 8.70. The number of alkyl halides is 5. The Bertz CT molecular complexity index is 1380. The number of aldehydes is 1. The van der Waals surface area contributed by atoms with Gasteiger partial charge in [0.15, 0.2) is 11.6 Å². The molecular weight excluding hydrogens is 729 g/mol. The fourth-order valence-corrected chi connectivity index (χ4v) is 3.68. The molecule has 50 heavy (non-hydrogen) atoms. The van der Waals surface area contributed by atoms with Gasteiger partial charge >= 0.3 is 72.3 Å². The van der Waals surface area contributed by atoms with Crippen molar-refractivity contribution in [3.8, 4) is 33.8 Å². The molecule has 4 aromatic rings. The van der Waals surface area contributed by atoms with E-state index < -0.39 is 26.3 Å². The van der Waals surface area contributed by atoms with Crippen LogP contribution >= 0.6 is 24.0 Å². The fourth-order valence-electron chi connectivity index (χ4n) is 3.52. The summed E-state index contributed by atoms with van der Waals surface area (Å²) < 4.78 is 56.7. The SMILES string of the molecule is CC=O.Cl.O=C(CCl)c1ccc(-c2ccc(OC(F)F)cc2)cc1.O=C(CO)c1ccc(-c2ccc(OC(F)F)cc2)cc1.O=C[O-].[CH3-].[Na+].[Na+]. The van der Waals surface area contributed by atoms with Crippen LogP contribution in [-0.2, 0) is 9.59 Å². The fraction of sp³-hybridized carbons (Fsp3) is 0.147. The van der Waals surface area contributed by atoms with Gasteiger partial charge in [0.25, 0.3) is 0 Å². The minimum Gasteiger partial charge on any atom is -0.554 e. The van der Waals surface area contributed by atoms with E-state index in [4.69, 9.17) is 31.4 Å². The Morgan fingerprint density at radius 3 is 1.14 bits per heavy atom. The standard InChI is InChI=1S/C15H11ClF2O2.C15H12F2O3.C2H4O.CH2O2.CH3.ClH.2Na/c16-9-14(19)12-3-1-10(2-4-12)11-5-7-13(8-6-11)20-15(17)18;16-15(17)20-13-7-5-11(6-8-13)10-1-3-12(4-2-10)14(19)9-18;1-2-3;2-1-3;;;;/h1-8,15H,9H2;1-8,15,18H,9H2;2H,1H3;1H,(H,2,3);1H3;1H;;/q;;;;-1;;2*+1/p-1. The molecule has 0 spiro atoms. The number of Topliss-reactive ketones (excluding diaryl/α,β-unsaturated/α-hetero) is 2. The average Bonchev–Trinajstić information content (AvgIpc) is 3.05. The van der Waals surface area contributed by atoms with Gasteiger partial charge in [0.05, 0.1) is 5.88 Å². The molecule has 0 amide bonds. The number of halogens is 6. The first-order chi connectivity index (χ1) is 22.0. The Morgan fingerprint density at radius 2 is 0.920 bits per heavy atom. The molecule has 4 aromatic carbocycles. The van der Waals surface area contributed by atoms with Crippen molar-refractivity contribution in [1.29, 1.82) is 0 Å². The Morgan fingerprint density at radius 1 is 0.680 bits per heavy atom. The van der Waals surface area contributed by atoms with Crippen LogP contribution in [0.5, 0.6) is 11.5 Å². The van der Waals surface area contributed by atoms with Crippen LogP contribution in [0.15, 0.2) is 97.1 Å². The molecule has 0 atom stereocenters. The largest absolute Gasteiger partial charge is 1.00 e. The third-order valence-electron chi connectivity index (χ3n) is 5.50. The first kappa shape index (κ1) is 54.0. The number of ether oxygens (including phenoxy) is 2. The van der Waals surface area contributed by atoms with E-state index in [0.29, 0.717) is 11.1 Å². The van der Waals surface area contributed by atoms with Crippen LogP contribution in [-0.4, -0.2) is 55.1 Å². The number of ketones is 2. The van der Waals surface area contributed by atoms with Gasteiger partial charge in [-0.15, -0.1) is 24.0 Å². The first-order valence-corrected chi connectivity index (χ1v) is 13.6. The molecule has 8 nitrogen and oxygen atoms in total. The molecule has 0 aromatic heterocycles. The minimum atomic E-state index is -2.84. The van der Waals surface area contributed by atoms with E-state index in [0.717, 1.165) is 28.5 Å². The number of carbonyl (C=O) groups excluding carboxylic acids is 4. The Labute approximate surface area is 343 Å². The average molecular weight is 762 g/mol. The van der Waals surface area contributed by atoms with Crippen LogP contribution in [0.2, 0.25) is 0 Å². The molecule has 0 saturated carbocycles. The summed E-state index contributed by atoms with van der Waals surface area (Å²) in [5.74, 6) is -0.344. The second-order valence-electron chi connectivity index (χ2n) is 8.43. The monoisotopic (exact) mass is 760 g/mol. The van der Waals surface area contributed by atoms with Gasteiger partial charge in [-0.05, 0) is 53.4 Å². The Balaban J connectivity index is -0.000000342. The summed E-state index contributed by atoms with van der Waals surface area (Å²) in [6.45, 7) is -5.26. The molecular formula is C34H32Cl2F4Na2O8. The van der Waals surface area contributed by atoms with E-state index >= 15 is 0 Å².